The quantitative estimate of drug-likeness (QED) is 0.630. The smallest absolute Gasteiger partial charge is 0.311 e. The molecule has 6 heteroatoms. The van der Waals surface area contributed by atoms with Gasteiger partial charge in [0.05, 0.1) is 0 Å². The van der Waals surface area contributed by atoms with Gasteiger partial charge < -0.3 is 4.98 Å². The van der Waals surface area contributed by atoms with Crippen molar-refractivity contribution in [3.8, 4) is 0 Å². The summed E-state index contributed by atoms with van der Waals surface area (Å²) in [6, 6.07) is 0. The van der Waals surface area contributed by atoms with Crippen LogP contribution in [0.2, 0.25) is 0 Å². The van der Waals surface area contributed by atoms with Gasteiger partial charge in [0.25, 0.3) is 11.5 Å². The first kappa shape index (κ1) is 9.11. The molecule has 0 fully saturated rings. The normalized spacial score (nSPS) is 19.0. The van der Waals surface area contributed by atoms with Gasteiger partial charge in [0.15, 0.2) is 0 Å². The summed E-state index contributed by atoms with van der Waals surface area (Å²) in [5, 5.41) is 0. The van der Waals surface area contributed by atoms with E-state index in [1.165, 1.54) is 0 Å². The molecule has 0 aromatic carbocycles. The zero-order valence-corrected chi connectivity index (χ0v) is 7.19. The highest BCUT2D eigenvalue weighted by atomic mass is 19.3. The maximum Gasteiger partial charge on any atom is 0.325 e. The first-order valence-electron chi connectivity index (χ1n) is 4.20. The van der Waals surface area contributed by atoms with Crippen LogP contribution in [0.1, 0.15) is 17.7 Å². The lowest BCUT2D eigenvalue weighted by Crippen LogP contribution is -2.36. The molecule has 0 amide bonds. The van der Waals surface area contributed by atoms with Crippen LogP contribution in [0.5, 0.6) is 0 Å². The van der Waals surface area contributed by atoms with Crippen LogP contribution in [0, 0.1) is 0 Å². The number of aryl methyl sites for hydroxylation is 1. The Bertz CT molecular complexity index is 475. The van der Waals surface area contributed by atoms with Gasteiger partial charge in [-0.25, -0.2) is 13.6 Å². The van der Waals surface area contributed by atoms with Gasteiger partial charge in [-0.2, -0.15) is 0 Å². The van der Waals surface area contributed by atoms with E-state index in [4.69, 9.17) is 0 Å². The van der Waals surface area contributed by atoms with Gasteiger partial charge in [-0.1, -0.05) is 0 Å². The first-order valence-corrected chi connectivity index (χ1v) is 4.20. The standard InChI is InChI=1S/C8H8F2N2O2/c9-8(10)2-1-5-4(3-8)6(13)12-7(14)11-5/h1-3H2,(H2,11,12,13,14). The van der Waals surface area contributed by atoms with Crippen LogP contribution < -0.4 is 11.2 Å². The Morgan fingerprint density at radius 3 is 2.64 bits per heavy atom. The fourth-order valence-corrected chi connectivity index (χ4v) is 1.61. The molecule has 1 heterocycles. The number of rotatable bonds is 0. The van der Waals surface area contributed by atoms with Gasteiger partial charge in [0.1, 0.15) is 0 Å². The van der Waals surface area contributed by atoms with Crippen molar-refractivity contribution in [3.05, 3.63) is 32.1 Å². The van der Waals surface area contributed by atoms with Gasteiger partial charge in [0.2, 0.25) is 0 Å². The third-order valence-electron chi connectivity index (χ3n) is 2.31. The Kier molecular flexibility index (Phi) is 1.80. The van der Waals surface area contributed by atoms with Crippen molar-refractivity contribution in [2.75, 3.05) is 0 Å². The molecule has 1 aromatic heterocycles. The number of H-pyrrole nitrogens is 2. The molecular formula is C8H8F2N2O2. The summed E-state index contributed by atoms with van der Waals surface area (Å²) in [4.78, 5) is 26.3. The molecule has 0 radical (unpaired) electrons. The zero-order valence-electron chi connectivity index (χ0n) is 7.19. The number of halogens is 2. The minimum absolute atomic E-state index is 0.000787. The van der Waals surface area contributed by atoms with E-state index in [9.17, 15) is 18.4 Å². The summed E-state index contributed by atoms with van der Waals surface area (Å²) in [6.07, 6.45) is -0.866. The molecule has 0 atom stereocenters. The lowest BCUT2D eigenvalue weighted by atomic mass is 9.94. The second-order valence-corrected chi connectivity index (χ2v) is 3.40. The minimum atomic E-state index is -2.84. The van der Waals surface area contributed by atoms with Crippen molar-refractivity contribution >= 4 is 0 Å². The number of alkyl halides is 2. The largest absolute Gasteiger partial charge is 0.325 e. The van der Waals surface area contributed by atoms with E-state index in [-0.39, 0.29) is 18.4 Å². The third kappa shape index (κ3) is 1.47. The van der Waals surface area contributed by atoms with Crippen LogP contribution in [0.15, 0.2) is 9.59 Å². The predicted molar refractivity (Wildman–Crippen MR) is 44.7 cm³/mol. The van der Waals surface area contributed by atoms with E-state index >= 15 is 0 Å². The van der Waals surface area contributed by atoms with E-state index in [1.54, 1.807) is 0 Å². The summed E-state index contributed by atoms with van der Waals surface area (Å²) in [5.41, 5.74) is -1.01. The SMILES string of the molecule is O=c1[nH]c2c(c(=O)[nH]1)CC(F)(F)CC2. The van der Waals surface area contributed by atoms with E-state index in [0.29, 0.717) is 5.69 Å². The predicted octanol–water partition coefficient (Wildman–Crippen LogP) is 0.187. The Hall–Kier alpha value is -1.46. The molecule has 0 aliphatic heterocycles. The summed E-state index contributed by atoms with van der Waals surface area (Å²) in [6.45, 7) is 0. The topological polar surface area (TPSA) is 65.7 Å². The highest BCUT2D eigenvalue weighted by Crippen LogP contribution is 2.29. The van der Waals surface area contributed by atoms with Crippen molar-refractivity contribution in [1.29, 1.82) is 0 Å². The van der Waals surface area contributed by atoms with Gasteiger partial charge in [0, 0.05) is 24.1 Å². The van der Waals surface area contributed by atoms with Crippen LogP contribution in [0.25, 0.3) is 0 Å². The Morgan fingerprint density at radius 1 is 1.21 bits per heavy atom. The summed E-state index contributed by atoms with van der Waals surface area (Å²) in [7, 11) is 0. The molecule has 1 aliphatic carbocycles. The lowest BCUT2D eigenvalue weighted by Gasteiger charge is -2.22. The molecule has 0 saturated heterocycles. The van der Waals surface area contributed by atoms with Gasteiger partial charge >= 0.3 is 5.69 Å². The fourth-order valence-electron chi connectivity index (χ4n) is 1.61. The lowest BCUT2D eigenvalue weighted by molar-refractivity contribution is -0.0133. The number of aromatic amines is 2. The molecule has 2 N–H and O–H groups in total. The van der Waals surface area contributed by atoms with Gasteiger partial charge in [-0.05, 0) is 6.42 Å². The van der Waals surface area contributed by atoms with Crippen LogP contribution >= 0.6 is 0 Å². The number of fused-ring (bicyclic) bond motifs is 1. The molecule has 1 aliphatic rings. The van der Waals surface area contributed by atoms with Crippen molar-refractivity contribution in [3.63, 3.8) is 0 Å². The number of hydrogen-bond acceptors (Lipinski definition) is 2. The molecule has 2 rings (SSSR count). The third-order valence-corrected chi connectivity index (χ3v) is 2.31. The monoisotopic (exact) mass is 202 g/mol. The number of hydrogen-bond donors (Lipinski definition) is 2. The average molecular weight is 202 g/mol. The second-order valence-electron chi connectivity index (χ2n) is 3.40. The van der Waals surface area contributed by atoms with E-state index in [2.05, 4.69) is 4.98 Å². The minimum Gasteiger partial charge on any atom is -0.311 e. The van der Waals surface area contributed by atoms with Crippen molar-refractivity contribution in [2.45, 2.75) is 25.2 Å². The molecule has 14 heavy (non-hydrogen) atoms. The zero-order chi connectivity index (χ0) is 10.3. The van der Waals surface area contributed by atoms with Gasteiger partial charge in [-0.15, -0.1) is 0 Å². The Labute approximate surface area is 77.0 Å². The van der Waals surface area contributed by atoms with Crippen LogP contribution in [0.4, 0.5) is 8.78 Å². The van der Waals surface area contributed by atoms with E-state index < -0.39 is 23.6 Å². The highest BCUT2D eigenvalue weighted by Gasteiger charge is 2.35. The van der Waals surface area contributed by atoms with Crippen molar-refractivity contribution < 1.29 is 8.78 Å². The second kappa shape index (κ2) is 2.76. The fraction of sp³-hybridized carbons (Fsp3) is 0.500. The Morgan fingerprint density at radius 2 is 1.93 bits per heavy atom. The molecular weight excluding hydrogens is 194 g/mol. The molecule has 4 nitrogen and oxygen atoms in total. The van der Waals surface area contributed by atoms with Crippen LogP contribution in [0.3, 0.4) is 0 Å². The van der Waals surface area contributed by atoms with Crippen molar-refractivity contribution in [1.82, 2.24) is 9.97 Å². The van der Waals surface area contributed by atoms with Crippen molar-refractivity contribution in [2.24, 2.45) is 0 Å². The first-order chi connectivity index (χ1) is 6.48. The van der Waals surface area contributed by atoms with E-state index in [0.717, 1.165) is 0 Å². The van der Waals surface area contributed by atoms with Gasteiger partial charge in [-0.3, -0.25) is 9.78 Å². The molecule has 0 saturated carbocycles. The number of aromatic nitrogens is 2. The highest BCUT2D eigenvalue weighted by molar-refractivity contribution is 5.21. The maximum atomic E-state index is 12.9. The van der Waals surface area contributed by atoms with Crippen LogP contribution in [-0.4, -0.2) is 15.9 Å². The summed E-state index contributed by atoms with van der Waals surface area (Å²) >= 11 is 0. The Balaban J connectivity index is 2.58. The molecule has 0 unspecified atom stereocenters. The maximum absolute atomic E-state index is 12.9. The van der Waals surface area contributed by atoms with E-state index in [1.807, 2.05) is 4.98 Å². The number of nitrogens with one attached hydrogen (secondary N) is 2. The molecule has 76 valence electrons. The average Bonchev–Trinajstić information content (AvgIpc) is 2.06. The molecule has 0 spiro atoms. The summed E-state index contributed by atoms with van der Waals surface area (Å²) < 4.78 is 25.8. The summed E-state index contributed by atoms with van der Waals surface area (Å²) in [5.74, 6) is -2.84. The molecule has 0 bridgehead atoms. The molecule has 1 aromatic rings. The van der Waals surface area contributed by atoms with Crippen LogP contribution in [-0.2, 0) is 12.8 Å².